The van der Waals surface area contributed by atoms with Crippen molar-refractivity contribution in [2.75, 3.05) is 13.2 Å². The molecule has 0 aromatic carbocycles. The molecule has 1 amide bonds. The van der Waals surface area contributed by atoms with Crippen molar-refractivity contribution in [1.29, 1.82) is 0 Å². The van der Waals surface area contributed by atoms with Crippen LogP contribution in [-0.4, -0.2) is 40.1 Å². The van der Waals surface area contributed by atoms with E-state index in [1.54, 1.807) is 0 Å². The van der Waals surface area contributed by atoms with Crippen molar-refractivity contribution in [3.63, 3.8) is 0 Å². The average molecular weight is 197 g/mol. The van der Waals surface area contributed by atoms with E-state index in [0.717, 1.165) is 6.08 Å². The Morgan fingerprint density at radius 1 is 1.64 bits per heavy atom. The minimum atomic E-state index is -1.11. The van der Waals surface area contributed by atoms with Crippen molar-refractivity contribution in [3.8, 4) is 0 Å². The highest BCUT2D eigenvalue weighted by Gasteiger charge is 2.24. The van der Waals surface area contributed by atoms with E-state index in [1.807, 2.05) is 0 Å². The zero-order chi connectivity index (χ0) is 10.7. The van der Waals surface area contributed by atoms with Gasteiger partial charge in [0.25, 0.3) is 5.91 Å². The van der Waals surface area contributed by atoms with E-state index in [4.69, 9.17) is 10.2 Å². The molecular weight excluding hydrogens is 186 g/mol. The van der Waals surface area contributed by atoms with Gasteiger partial charge < -0.3 is 15.1 Å². The van der Waals surface area contributed by atoms with Crippen LogP contribution in [0.5, 0.6) is 0 Å². The van der Waals surface area contributed by atoms with Gasteiger partial charge in [-0.25, -0.2) is 4.79 Å². The minimum Gasteiger partial charge on any atom is -0.478 e. The molecule has 1 aliphatic heterocycles. The normalized spacial score (nSPS) is 16.9. The van der Waals surface area contributed by atoms with Gasteiger partial charge in [0.1, 0.15) is 0 Å². The first kappa shape index (κ1) is 10.5. The summed E-state index contributed by atoms with van der Waals surface area (Å²) >= 11 is 0. The molecule has 0 saturated heterocycles. The zero-order valence-electron chi connectivity index (χ0n) is 7.56. The lowest BCUT2D eigenvalue weighted by atomic mass is 10.1. The van der Waals surface area contributed by atoms with Crippen LogP contribution in [0.3, 0.4) is 0 Å². The summed E-state index contributed by atoms with van der Waals surface area (Å²) in [6, 6.07) is 0. The summed E-state index contributed by atoms with van der Waals surface area (Å²) in [4.78, 5) is 23.2. The number of carbonyl (C=O) groups excluding carboxylic acids is 1. The molecule has 1 heterocycles. The summed E-state index contributed by atoms with van der Waals surface area (Å²) < 4.78 is 0. The smallest absolute Gasteiger partial charge is 0.332 e. The molecule has 0 aromatic heterocycles. The van der Waals surface area contributed by atoms with Crippen molar-refractivity contribution < 1.29 is 19.8 Å². The molecule has 5 nitrogen and oxygen atoms in total. The summed E-state index contributed by atoms with van der Waals surface area (Å²) in [7, 11) is 0. The van der Waals surface area contributed by atoms with E-state index < -0.39 is 11.9 Å². The molecule has 2 N–H and O–H groups in total. The van der Waals surface area contributed by atoms with Gasteiger partial charge in [0.05, 0.1) is 6.61 Å². The molecule has 5 heteroatoms. The monoisotopic (exact) mass is 197 g/mol. The van der Waals surface area contributed by atoms with E-state index in [9.17, 15) is 9.59 Å². The van der Waals surface area contributed by atoms with E-state index in [1.165, 1.54) is 4.90 Å². The SMILES string of the molecule is C=C1CC(C(=O)O)=CC(=O)N1CCO. The highest BCUT2D eigenvalue weighted by Crippen LogP contribution is 2.20. The number of carboxylic acids is 1. The number of nitrogens with zero attached hydrogens (tertiary/aromatic N) is 1. The molecule has 1 aliphatic rings. The summed E-state index contributed by atoms with van der Waals surface area (Å²) in [6.07, 6.45) is 1.20. The summed E-state index contributed by atoms with van der Waals surface area (Å²) in [5.41, 5.74) is 0.443. The molecule has 0 aromatic rings. The van der Waals surface area contributed by atoms with Gasteiger partial charge in [-0.1, -0.05) is 6.58 Å². The minimum absolute atomic E-state index is 0.0363. The number of carboxylic acid groups (broad SMARTS) is 1. The van der Waals surface area contributed by atoms with Gasteiger partial charge in [-0.3, -0.25) is 4.79 Å². The van der Waals surface area contributed by atoms with Gasteiger partial charge in [-0.15, -0.1) is 0 Å². The van der Waals surface area contributed by atoms with Gasteiger partial charge in [0.15, 0.2) is 0 Å². The van der Waals surface area contributed by atoms with Crippen LogP contribution in [-0.2, 0) is 9.59 Å². The lowest BCUT2D eigenvalue weighted by molar-refractivity contribution is -0.134. The predicted molar refractivity (Wildman–Crippen MR) is 48.3 cm³/mol. The molecule has 76 valence electrons. The van der Waals surface area contributed by atoms with Crippen molar-refractivity contribution in [3.05, 3.63) is 23.9 Å². The Hall–Kier alpha value is -1.62. The third kappa shape index (κ3) is 2.00. The fourth-order valence-electron chi connectivity index (χ4n) is 1.25. The molecule has 0 fully saturated rings. The Morgan fingerprint density at radius 3 is 2.71 bits per heavy atom. The number of allylic oxidation sites excluding steroid dienone is 1. The second-order valence-corrected chi connectivity index (χ2v) is 2.93. The van der Waals surface area contributed by atoms with Crippen LogP contribution < -0.4 is 0 Å². The third-order valence-electron chi connectivity index (χ3n) is 1.94. The molecular formula is C9H11NO4. The van der Waals surface area contributed by atoms with Crippen LogP contribution in [0, 0.1) is 0 Å². The molecule has 0 saturated carbocycles. The average Bonchev–Trinajstić information content (AvgIpc) is 2.10. The van der Waals surface area contributed by atoms with Gasteiger partial charge in [-0.2, -0.15) is 0 Å². The third-order valence-corrected chi connectivity index (χ3v) is 1.94. The Balaban J connectivity index is 2.86. The topological polar surface area (TPSA) is 77.8 Å². The number of carbonyl (C=O) groups is 2. The van der Waals surface area contributed by atoms with Crippen LogP contribution in [0.1, 0.15) is 6.42 Å². The first-order chi connectivity index (χ1) is 6.56. The highest BCUT2D eigenvalue weighted by molar-refractivity contribution is 6.00. The molecule has 1 rings (SSSR count). The number of aliphatic hydroxyl groups excluding tert-OH is 1. The number of β-amino-alcohol motifs (C(OH)–C–C–N with tert-alkyl or cyclic N) is 1. The van der Waals surface area contributed by atoms with Crippen LogP contribution in [0.25, 0.3) is 0 Å². The van der Waals surface area contributed by atoms with E-state index in [0.29, 0.717) is 5.70 Å². The van der Waals surface area contributed by atoms with Gasteiger partial charge in [0, 0.05) is 30.3 Å². The standard InChI is InChI=1S/C9H11NO4/c1-6-4-7(9(13)14)5-8(12)10(6)2-3-11/h5,11H,1-4H2,(H,13,14). The molecule has 0 atom stereocenters. The van der Waals surface area contributed by atoms with Crippen LogP contribution in [0.15, 0.2) is 23.9 Å². The number of aliphatic hydroxyl groups is 1. The first-order valence-corrected chi connectivity index (χ1v) is 4.10. The lowest BCUT2D eigenvalue weighted by Gasteiger charge is -2.26. The quantitative estimate of drug-likeness (QED) is 0.653. The number of amides is 1. The van der Waals surface area contributed by atoms with Crippen LogP contribution in [0.4, 0.5) is 0 Å². The molecule has 14 heavy (non-hydrogen) atoms. The Morgan fingerprint density at radius 2 is 2.29 bits per heavy atom. The first-order valence-electron chi connectivity index (χ1n) is 4.10. The number of hydrogen-bond donors (Lipinski definition) is 2. The van der Waals surface area contributed by atoms with Crippen molar-refractivity contribution in [2.24, 2.45) is 0 Å². The Bertz CT molecular complexity index is 319. The summed E-state index contributed by atoms with van der Waals surface area (Å²) in [5.74, 6) is -1.55. The van der Waals surface area contributed by atoms with Crippen molar-refractivity contribution in [2.45, 2.75) is 6.42 Å². The van der Waals surface area contributed by atoms with E-state index >= 15 is 0 Å². The molecule has 0 spiro atoms. The molecule has 0 aliphatic carbocycles. The van der Waals surface area contributed by atoms with E-state index in [-0.39, 0.29) is 25.1 Å². The number of hydrogen-bond acceptors (Lipinski definition) is 3. The fourth-order valence-corrected chi connectivity index (χ4v) is 1.25. The molecule has 0 bridgehead atoms. The fraction of sp³-hybridized carbons (Fsp3) is 0.333. The van der Waals surface area contributed by atoms with Gasteiger partial charge >= 0.3 is 5.97 Å². The maximum absolute atomic E-state index is 11.3. The van der Waals surface area contributed by atoms with Gasteiger partial charge in [0.2, 0.25) is 0 Å². The second kappa shape index (κ2) is 4.06. The maximum atomic E-state index is 11.3. The predicted octanol–water partition coefficient (Wildman–Crippen LogP) is -0.264. The number of rotatable bonds is 3. The van der Waals surface area contributed by atoms with Crippen LogP contribution >= 0.6 is 0 Å². The molecule has 0 radical (unpaired) electrons. The van der Waals surface area contributed by atoms with E-state index in [2.05, 4.69) is 6.58 Å². The van der Waals surface area contributed by atoms with Crippen LogP contribution in [0.2, 0.25) is 0 Å². The zero-order valence-corrected chi connectivity index (χ0v) is 7.56. The number of aliphatic carboxylic acids is 1. The van der Waals surface area contributed by atoms with Crippen molar-refractivity contribution in [1.82, 2.24) is 4.90 Å². The van der Waals surface area contributed by atoms with Gasteiger partial charge in [-0.05, 0) is 0 Å². The highest BCUT2D eigenvalue weighted by atomic mass is 16.4. The maximum Gasteiger partial charge on any atom is 0.332 e. The Labute approximate surface area is 80.9 Å². The Kier molecular flexibility index (Phi) is 3.03. The summed E-state index contributed by atoms with van der Waals surface area (Å²) in [5, 5.41) is 17.3. The van der Waals surface area contributed by atoms with Crippen molar-refractivity contribution >= 4 is 11.9 Å². The largest absolute Gasteiger partial charge is 0.478 e. The molecule has 0 unspecified atom stereocenters. The lowest BCUT2D eigenvalue weighted by Crippen LogP contribution is -2.35. The summed E-state index contributed by atoms with van der Waals surface area (Å²) in [6.45, 7) is 3.58. The second-order valence-electron chi connectivity index (χ2n) is 2.93.